The van der Waals surface area contributed by atoms with Gasteiger partial charge in [0.1, 0.15) is 5.75 Å². The summed E-state index contributed by atoms with van der Waals surface area (Å²) >= 11 is 0. The standard InChI is InChI=1S/C18H17N3O3/c1-11-10-16(23)24-18-14(11)8-9-15(22)17(18)20-19-12-4-6-13(7-5-12)21(2)3/h4-10,22H,1-3H3. The molecule has 0 aliphatic carbocycles. The highest BCUT2D eigenvalue weighted by Crippen LogP contribution is 2.36. The van der Waals surface area contributed by atoms with Crippen molar-refractivity contribution in [3.05, 3.63) is 58.4 Å². The molecule has 0 spiro atoms. The van der Waals surface area contributed by atoms with Crippen LogP contribution in [-0.2, 0) is 0 Å². The number of benzene rings is 2. The Hall–Kier alpha value is -3.15. The summed E-state index contributed by atoms with van der Waals surface area (Å²) in [6.07, 6.45) is 0. The summed E-state index contributed by atoms with van der Waals surface area (Å²) in [5, 5.41) is 19.0. The topological polar surface area (TPSA) is 78.4 Å². The predicted octanol–water partition coefficient (Wildman–Crippen LogP) is 4.29. The van der Waals surface area contributed by atoms with Crippen molar-refractivity contribution in [3.8, 4) is 5.75 Å². The molecule has 6 heteroatoms. The summed E-state index contributed by atoms with van der Waals surface area (Å²) in [6.45, 7) is 1.80. The van der Waals surface area contributed by atoms with E-state index in [1.807, 2.05) is 43.3 Å². The van der Waals surface area contributed by atoms with Crippen LogP contribution in [0.2, 0.25) is 0 Å². The molecule has 0 amide bonds. The average molecular weight is 323 g/mol. The minimum Gasteiger partial charge on any atom is -0.505 e. The molecule has 0 fully saturated rings. The smallest absolute Gasteiger partial charge is 0.336 e. The van der Waals surface area contributed by atoms with E-state index in [4.69, 9.17) is 4.42 Å². The van der Waals surface area contributed by atoms with E-state index in [2.05, 4.69) is 10.2 Å². The van der Waals surface area contributed by atoms with Gasteiger partial charge in [0.05, 0.1) is 5.69 Å². The second-order valence-corrected chi connectivity index (χ2v) is 5.67. The van der Waals surface area contributed by atoms with Crippen LogP contribution in [0.15, 0.2) is 61.9 Å². The zero-order valence-electron chi connectivity index (χ0n) is 13.6. The van der Waals surface area contributed by atoms with Crippen molar-refractivity contribution in [2.24, 2.45) is 10.2 Å². The SMILES string of the molecule is Cc1cc(=O)oc2c(N=Nc3ccc(N(C)C)cc3)c(O)ccc12. The molecule has 0 unspecified atom stereocenters. The van der Waals surface area contributed by atoms with Crippen molar-refractivity contribution < 1.29 is 9.52 Å². The number of phenols is 1. The van der Waals surface area contributed by atoms with Gasteiger partial charge in [0.25, 0.3) is 0 Å². The number of phenolic OH excluding ortho intramolecular Hbond substituents is 1. The highest BCUT2D eigenvalue weighted by Gasteiger charge is 2.12. The monoisotopic (exact) mass is 323 g/mol. The Morgan fingerprint density at radius 3 is 2.42 bits per heavy atom. The number of hydrogen-bond donors (Lipinski definition) is 1. The van der Waals surface area contributed by atoms with Crippen molar-refractivity contribution in [2.45, 2.75) is 6.92 Å². The third-order valence-corrected chi connectivity index (χ3v) is 3.70. The first-order valence-corrected chi connectivity index (χ1v) is 7.41. The summed E-state index contributed by atoms with van der Waals surface area (Å²) in [6, 6.07) is 12.1. The number of anilines is 1. The van der Waals surface area contributed by atoms with Crippen LogP contribution >= 0.6 is 0 Å². The lowest BCUT2D eigenvalue weighted by atomic mass is 10.1. The first kappa shape index (κ1) is 15.7. The van der Waals surface area contributed by atoms with E-state index in [1.165, 1.54) is 12.1 Å². The Morgan fingerprint density at radius 1 is 1.04 bits per heavy atom. The number of fused-ring (bicyclic) bond motifs is 1. The Morgan fingerprint density at radius 2 is 1.75 bits per heavy atom. The number of hydrogen-bond acceptors (Lipinski definition) is 6. The molecule has 3 rings (SSSR count). The van der Waals surface area contributed by atoms with Crippen LogP contribution in [-0.4, -0.2) is 19.2 Å². The molecule has 1 aromatic heterocycles. The van der Waals surface area contributed by atoms with Crippen LogP contribution in [0, 0.1) is 6.92 Å². The van der Waals surface area contributed by atoms with Gasteiger partial charge in [-0.25, -0.2) is 4.79 Å². The van der Waals surface area contributed by atoms with Gasteiger partial charge in [0.15, 0.2) is 11.3 Å². The molecular weight excluding hydrogens is 306 g/mol. The number of aromatic hydroxyl groups is 1. The van der Waals surface area contributed by atoms with Gasteiger partial charge >= 0.3 is 5.63 Å². The van der Waals surface area contributed by atoms with Crippen LogP contribution < -0.4 is 10.5 Å². The van der Waals surface area contributed by atoms with E-state index in [0.29, 0.717) is 11.1 Å². The number of azo groups is 1. The Balaban J connectivity index is 2.06. The van der Waals surface area contributed by atoms with Crippen molar-refractivity contribution in [3.63, 3.8) is 0 Å². The first-order valence-electron chi connectivity index (χ1n) is 7.41. The van der Waals surface area contributed by atoms with Crippen molar-refractivity contribution in [1.82, 2.24) is 0 Å². The van der Waals surface area contributed by atoms with E-state index >= 15 is 0 Å². The molecule has 1 heterocycles. The quantitative estimate of drug-likeness (QED) is 0.576. The minimum absolute atomic E-state index is 0.0927. The van der Waals surface area contributed by atoms with Gasteiger partial charge in [-0.15, -0.1) is 5.11 Å². The molecule has 0 atom stereocenters. The number of nitrogens with zero attached hydrogens (tertiary/aromatic N) is 3. The Kier molecular flexibility index (Phi) is 4.04. The lowest BCUT2D eigenvalue weighted by molar-refractivity contribution is 0.474. The van der Waals surface area contributed by atoms with Gasteiger partial charge in [0, 0.05) is 31.2 Å². The van der Waals surface area contributed by atoms with E-state index in [-0.39, 0.29) is 17.0 Å². The molecule has 2 aromatic carbocycles. The van der Waals surface area contributed by atoms with Gasteiger partial charge < -0.3 is 14.4 Å². The van der Waals surface area contributed by atoms with Crippen LogP contribution in [0.1, 0.15) is 5.56 Å². The maximum Gasteiger partial charge on any atom is 0.336 e. The summed E-state index contributed by atoms with van der Waals surface area (Å²) in [5.74, 6) is -0.0927. The maximum atomic E-state index is 11.6. The Bertz CT molecular complexity index is 973. The molecule has 0 saturated carbocycles. The fourth-order valence-electron chi connectivity index (χ4n) is 2.38. The summed E-state index contributed by atoms with van der Waals surface area (Å²) in [4.78, 5) is 13.6. The van der Waals surface area contributed by atoms with Crippen LogP contribution in [0.4, 0.5) is 17.1 Å². The maximum absolute atomic E-state index is 11.6. The number of rotatable bonds is 3. The molecule has 1 N–H and O–H groups in total. The van der Waals surface area contributed by atoms with Gasteiger partial charge in [-0.3, -0.25) is 0 Å². The van der Waals surface area contributed by atoms with Gasteiger partial charge in [-0.05, 0) is 48.9 Å². The van der Waals surface area contributed by atoms with Crippen LogP contribution in [0.3, 0.4) is 0 Å². The Labute approximate surface area is 138 Å². The van der Waals surface area contributed by atoms with Crippen LogP contribution in [0.25, 0.3) is 11.0 Å². The predicted molar refractivity (Wildman–Crippen MR) is 93.8 cm³/mol. The largest absolute Gasteiger partial charge is 0.505 e. The van der Waals surface area contributed by atoms with Gasteiger partial charge in [0.2, 0.25) is 0 Å². The van der Waals surface area contributed by atoms with E-state index in [0.717, 1.165) is 11.3 Å². The minimum atomic E-state index is -0.489. The summed E-state index contributed by atoms with van der Waals surface area (Å²) in [5.41, 5.74) is 2.32. The average Bonchev–Trinajstić information content (AvgIpc) is 2.54. The van der Waals surface area contributed by atoms with Crippen molar-refractivity contribution in [2.75, 3.05) is 19.0 Å². The third kappa shape index (κ3) is 2.99. The lowest BCUT2D eigenvalue weighted by Crippen LogP contribution is -2.07. The van der Waals surface area contributed by atoms with Gasteiger partial charge in [-0.1, -0.05) is 0 Å². The van der Waals surface area contributed by atoms with Crippen LogP contribution in [0.5, 0.6) is 5.75 Å². The summed E-state index contributed by atoms with van der Waals surface area (Å²) < 4.78 is 5.22. The van der Waals surface area contributed by atoms with E-state index in [1.54, 1.807) is 13.0 Å². The highest BCUT2D eigenvalue weighted by atomic mass is 16.4. The lowest BCUT2D eigenvalue weighted by Gasteiger charge is -2.11. The zero-order valence-corrected chi connectivity index (χ0v) is 13.6. The molecule has 24 heavy (non-hydrogen) atoms. The molecule has 6 nitrogen and oxygen atoms in total. The van der Waals surface area contributed by atoms with Gasteiger partial charge in [-0.2, -0.15) is 5.11 Å². The molecule has 0 bridgehead atoms. The van der Waals surface area contributed by atoms with Crippen molar-refractivity contribution >= 4 is 28.0 Å². The third-order valence-electron chi connectivity index (χ3n) is 3.70. The molecule has 3 aromatic rings. The highest BCUT2D eigenvalue weighted by molar-refractivity contribution is 5.92. The molecule has 122 valence electrons. The van der Waals surface area contributed by atoms with Crippen molar-refractivity contribution in [1.29, 1.82) is 0 Å². The normalized spacial score (nSPS) is 11.3. The fourth-order valence-corrected chi connectivity index (χ4v) is 2.38. The zero-order chi connectivity index (χ0) is 17.3. The first-order chi connectivity index (χ1) is 11.5. The molecule has 0 saturated heterocycles. The molecule has 0 aliphatic rings. The second kappa shape index (κ2) is 6.16. The fraction of sp³-hybridized carbons (Fsp3) is 0.167. The van der Waals surface area contributed by atoms with E-state index in [9.17, 15) is 9.90 Å². The number of aryl methyl sites for hydroxylation is 1. The second-order valence-electron chi connectivity index (χ2n) is 5.67. The molecule has 0 radical (unpaired) electrons. The molecular formula is C18H17N3O3. The molecule has 0 aliphatic heterocycles. The summed E-state index contributed by atoms with van der Waals surface area (Å²) in [7, 11) is 3.91. The van der Waals surface area contributed by atoms with E-state index < -0.39 is 5.63 Å².